The molecule has 18 heavy (non-hydrogen) atoms. The van der Waals surface area contributed by atoms with Gasteiger partial charge < -0.3 is 5.32 Å². The van der Waals surface area contributed by atoms with Crippen LogP contribution in [0.1, 0.15) is 65.7 Å². The Morgan fingerprint density at radius 1 is 1.11 bits per heavy atom. The molecule has 0 aromatic rings. The van der Waals surface area contributed by atoms with Crippen LogP contribution in [0.15, 0.2) is 0 Å². The second-order valence-corrected chi connectivity index (χ2v) is 7.09. The average Bonchev–Trinajstić information content (AvgIpc) is 2.60. The minimum Gasteiger partial charge on any atom is -0.313 e. The number of hydrogen-bond acceptors (Lipinski definition) is 2. The Morgan fingerprint density at radius 3 is 2.39 bits per heavy atom. The first-order valence-electron chi connectivity index (χ1n) is 8.10. The summed E-state index contributed by atoms with van der Waals surface area (Å²) in [5.41, 5.74) is 0.545. The standard InChI is InChI=1S/C16H32N2/c1-4-17-14-9-10-16(2,3)13-15(14)18-11-7-5-6-8-12-18/h14-15,17H,4-13H2,1-3H3. The maximum absolute atomic E-state index is 3.75. The zero-order valence-corrected chi connectivity index (χ0v) is 12.7. The fraction of sp³-hybridized carbons (Fsp3) is 1.00. The van der Waals surface area contributed by atoms with Crippen LogP contribution < -0.4 is 5.32 Å². The first-order chi connectivity index (χ1) is 8.62. The highest BCUT2D eigenvalue weighted by atomic mass is 15.2. The summed E-state index contributed by atoms with van der Waals surface area (Å²) in [6, 6.07) is 1.52. The lowest BCUT2D eigenvalue weighted by atomic mass is 9.72. The zero-order valence-electron chi connectivity index (χ0n) is 12.7. The lowest BCUT2D eigenvalue weighted by molar-refractivity contribution is 0.0675. The molecule has 1 saturated heterocycles. The SMILES string of the molecule is CCNC1CCC(C)(C)CC1N1CCCCCC1. The van der Waals surface area contributed by atoms with Gasteiger partial charge in [0.25, 0.3) is 0 Å². The molecule has 0 radical (unpaired) electrons. The van der Waals surface area contributed by atoms with Gasteiger partial charge >= 0.3 is 0 Å². The van der Waals surface area contributed by atoms with Crippen molar-refractivity contribution in [1.29, 1.82) is 0 Å². The molecule has 2 fully saturated rings. The van der Waals surface area contributed by atoms with Gasteiger partial charge in [-0.15, -0.1) is 0 Å². The first-order valence-corrected chi connectivity index (χ1v) is 8.10. The van der Waals surface area contributed by atoms with Crippen LogP contribution in [0.4, 0.5) is 0 Å². The monoisotopic (exact) mass is 252 g/mol. The number of nitrogens with one attached hydrogen (secondary N) is 1. The Balaban J connectivity index is 2.02. The lowest BCUT2D eigenvalue weighted by Crippen LogP contribution is -2.54. The predicted octanol–water partition coefficient (Wildman–Crippen LogP) is 3.42. The fourth-order valence-electron chi connectivity index (χ4n) is 3.86. The van der Waals surface area contributed by atoms with E-state index in [1.807, 2.05) is 0 Å². The largest absolute Gasteiger partial charge is 0.313 e. The van der Waals surface area contributed by atoms with Crippen molar-refractivity contribution in [1.82, 2.24) is 10.2 Å². The summed E-state index contributed by atoms with van der Waals surface area (Å²) < 4.78 is 0. The third-order valence-corrected chi connectivity index (χ3v) is 4.93. The highest BCUT2D eigenvalue weighted by molar-refractivity contribution is 4.94. The van der Waals surface area contributed by atoms with Gasteiger partial charge in [0.2, 0.25) is 0 Å². The Kier molecular flexibility index (Phi) is 5.08. The zero-order chi connectivity index (χ0) is 13.0. The molecule has 106 valence electrons. The summed E-state index contributed by atoms with van der Waals surface area (Å²) in [6.07, 6.45) is 9.84. The first kappa shape index (κ1) is 14.3. The molecule has 0 spiro atoms. The van der Waals surface area contributed by atoms with Crippen LogP contribution in [-0.4, -0.2) is 36.6 Å². The molecular formula is C16H32N2. The molecule has 0 amide bonds. The third kappa shape index (κ3) is 3.71. The van der Waals surface area contributed by atoms with Crippen LogP contribution in [0, 0.1) is 5.41 Å². The predicted molar refractivity (Wildman–Crippen MR) is 78.9 cm³/mol. The van der Waals surface area contributed by atoms with Crippen molar-refractivity contribution in [3.05, 3.63) is 0 Å². The summed E-state index contributed by atoms with van der Waals surface area (Å²) in [7, 11) is 0. The maximum atomic E-state index is 3.75. The number of hydrogen-bond donors (Lipinski definition) is 1. The maximum Gasteiger partial charge on any atom is 0.0254 e. The molecule has 0 aromatic heterocycles. The summed E-state index contributed by atoms with van der Waals surface area (Å²) in [5, 5.41) is 3.75. The van der Waals surface area contributed by atoms with Crippen LogP contribution in [0.3, 0.4) is 0 Å². The van der Waals surface area contributed by atoms with Crippen molar-refractivity contribution in [2.45, 2.75) is 77.8 Å². The van der Waals surface area contributed by atoms with E-state index in [0.29, 0.717) is 5.41 Å². The minimum absolute atomic E-state index is 0.545. The molecule has 1 heterocycles. The highest BCUT2D eigenvalue weighted by Crippen LogP contribution is 2.38. The van der Waals surface area contributed by atoms with Gasteiger partial charge in [-0.05, 0) is 57.2 Å². The number of likely N-dealkylation sites (N-methyl/N-ethyl adjacent to an activating group) is 1. The van der Waals surface area contributed by atoms with E-state index in [0.717, 1.165) is 18.6 Å². The minimum atomic E-state index is 0.545. The van der Waals surface area contributed by atoms with E-state index in [1.54, 1.807) is 0 Å². The molecule has 2 aliphatic rings. The number of rotatable bonds is 3. The van der Waals surface area contributed by atoms with E-state index in [1.165, 1.54) is 58.0 Å². The van der Waals surface area contributed by atoms with Crippen LogP contribution in [0.2, 0.25) is 0 Å². The van der Waals surface area contributed by atoms with Crippen LogP contribution in [-0.2, 0) is 0 Å². The van der Waals surface area contributed by atoms with Gasteiger partial charge in [-0.3, -0.25) is 4.90 Å². The average molecular weight is 252 g/mol. The second kappa shape index (κ2) is 6.38. The van der Waals surface area contributed by atoms with Crippen molar-refractivity contribution in [2.24, 2.45) is 5.41 Å². The van der Waals surface area contributed by atoms with E-state index >= 15 is 0 Å². The van der Waals surface area contributed by atoms with Gasteiger partial charge in [0, 0.05) is 12.1 Å². The van der Waals surface area contributed by atoms with Gasteiger partial charge in [-0.25, -0.2) is 0 Å². The Bertz CT molecular complexity index is 241. The summed E-state index contributed by atoms with van der Waals surface area (Å²) >= 11 is 0. The van der Waals surface area contributed by atoms with Crippen molar-refractivity contribution >= 4 is 0 Å². The van der Waals surface area contributed by atoms with E-state index < -0.39 is 0 Å². The molecule has 2 rings (SSSR count). The summed E-state index contributed by atoms with van der Waals surface area (Å²) in [6.45, 7) is 11.0. The normalized spacial score (nSPS) is 34.2. The Hall–Kier alpha value is -0.0800. The van der Waals surface area contributed by atoms with E-state index in [4.69, 9.17) is 0 Å². The fourth-order valence-corrected chi connectivity index (χ4v) is 3.86. The third-order valence-electron chi connectivity index (χ3n) is 4.93. The molecule has 0 aromatic carbocycles. The molecule has 2 unspecified atom stereocenters. The Morgan fingerprint density at radius 2 is 1.78 bits per heavy atom. The smallest absolute Gasteiger partial charge is 0.0254 e. The number of nitrogens with zero attached hydrogens (tertiary/aromatic N) is 1. The molecule has 1 saturated carbocycles. The molecule has 2 heteroatoms. The Labute approximate surface area is 114 Å². The molecule has 2 atom stereocenters. The molecule has 0 bridgehead atoms. The van der Waals surface area contributed by atoms with Crippen LogP contribution in [0.5, 0.6) is 0 Å². The second-order valence-electron chi connectivity index (χ2n) is 7.09. The van der Waals surface area contributed by atoms with Gasteiger partial charge in [-0.2, -0.15) is 0 Å². The van der Waals surface area contributed by atoms with E-state index in [9.17, 15) is 0 Å². The van der Waals surface area contributed by atoms with Gasteiger partial charge in [0.15, 0.2) is 0 Å². The van der Waals surface area contributed by atoms with Gasteiger partial charge in [0.1, 0.15) is 0 Å². The molecule has 1 aliphatic heterocycles. The summed E-state index contributed by atoms with van der Waals surface area (Å²) in [5.74, 6) is 0. The molecular weight excluding hydrogens is 220 g/mol. The highest BCUT2D eigenvalue weighted by Gasteiger charge is 2.37. The van der Waals surface area contributed by atoms with E-state index in [-0.39, 0.29) is 0 Å². The molecule has 2 nitrogen and oxygen atoms in total. The van der Waals surface area contributed by atoms with Gasteiger partial charge in [-0.1, -0.05) is 33.6 Å². The van der Waals surface area contributed by atoms with E-state index in [2.05, 4.69) is 31.0 Å². The van der Waals surface area contributed by atoms with Crippen molar-refractivity contribution in [3.8, 4) is 0 Å². The molecule has 1 aliphatic carbocycles. The van der Waals surface area contributed by atoms with Crippen molar-refractivity contribution in [2.75, 3.05) is 19.6 Å². The van der Waals surface area contributed by atoms with Crippen LogP contribution in [0.25, 0.3) is 0 Å². The van der Waals surface area contributed by atoms with Crippen molar-refractivity contribution < 1.29 is 0 Å². The van der Waals surface area contributed by atoms with Gasteiger partial charge in [0.05, 0.1) is 0 Å². The molecule has 1 N–H and O–H groups in total. The topological polar surface area (TPSA) is 15.3 Å². The van der Waals surface area contributed by atoms with Crippen molar-refractivity contribution in [3.63, 3.8) is 0 Å². The number of likely N-dealkylation sites (tertiary alicyclic amines) is 1. The lowest BCUT2D eigenvalue weighted by Gasteiger charge is -2.46. The summed E-state index contributed by atoms with van der Waals surface area (Å²) in [4.78, 5) is 2.81. The quantitative estimate of drug-likeness (QED) is 0.828. The van der Waals surface area contributed by atoms with Crippen LogP contribution >= 0.6 is 0 Å².